The first-order valence-electron chi connectivity index (χ1n) is 6.42. The van der Waals surface area contributed by atoms with Crippen molar-refractivity contribution in [2.75, 3.05) is 0 Å². The van der Waals surface area contributed by atoms with Crippen LogP contribution in [0.5, 0.6) is 0 Å². The summed E-state index contributed by atoms with van der Waals surface area (Å²) in [6.07, 6.45) is 8.81. The Kier molecular flexibility index (Phi) is 3.65. The molecular formula is C15H14ClN2O. The summed E-state index contributed by atoms with van der Waals surface area (Å²) < 4.78 is 5.27. The highest BCUT2D eigenvalue weighted by Crippen LogP contribution is 2.25. The normalized spacial score (nSPS) is 15.5. The third-order valence-corrected chi connectivity index (χ3v) is 3.46. The predicted octanol–water partition coefficient (Wildman–Crippen LogP) is 4.55. The molecule has 0 atom stereocenters. The number of hydrogen-bond acceptors (Lipinski definition) is 3. The van der Waals surface area contributed by atoms with E-state index in [4.69, 9.17) is 16.1 Å². The minimum Gasteiger partial charge on any atom is -0.334 e. The summed E-state index contributed by atoms with van der Waals surface area (Å²) in [7, 11) is 0. The van der Waals surface area contributed by atoms with Gasteiger partial charge in [-0.25, -0.2) is 0 Å². The van der Waals surface area contributed by atoms with E-state index in [9.17, 15) is 0 Å². The zero-order chi connectivity index (χ0) is 13.1. The monoisotopic (exact) mass is 273 g/mol. The Balaban J connectivity index is 1.81. The molecule has 0 saturated heterocycles. The van der Waals surface area contributed by atoms with Crippen molar-refractivity contribution in [3.8, 4) is 11.4 Å². The zero-order valence-corrected chi connectivity index (χ0v) is 11.2. The summed E-state index contributed by atoms with van der Waals surface area (Å²) in [5.41, 5.74) is 2.29. The van der Waals surface area contributed by atoms with Gasteiger partial charge >= 0.3 is 0 Å². The van der Waals surface area contributed by atoms with Crippen molar-refractivity contribution in [3.63, 3.8) is 0 Å². The minimum absolute atomic E-state index is 0.585. The molecule has 2 aromatic rings. The van der Waals surface area contributed by atoms with E-state index in [-0.39, 0.29) is 0 Å². The quantitative estimate of drug-likeness (QED) is 0.806. The molecule has 0 unspecified atom stereocenters. The van der Waals surface area contributed by atoms with Crippen LogP contribution in [0, 0.1) is 6.42 Å². The molecule has 1 saturated carbocycles. The van der Waals surface area contributed by atoms with Crippen LogP contribution in [-0.4, -0.2) is 10.1 Å². The number of allylic oxidation sites excluding steroid dienone is 1. The molecule has 19 heavy (non-hydrogen) atoms. The number of aromatic nitrogens is 2. The van der Waals surface area contributed by atoms with Crippen LogP contribution in [0.1, 0.15) is 31.6 Å². The molecule has 1 aromatic heterocycles. The average Bonchev–Trinajstić information content (AvgIpc) is 2.89. The highest BCUT2D eigenvalue weighted by Gasteiger charge is 2.10. The van der Waals surface area contributed by atoms with Crippen LogP contribution in [0.2, 0.25) is 5.02 Å². The number of benzene rings is 1. The Morgan fingerprint density at radius 2 is 1.84 bits per heavy atom. The first kappa shape index (κ1) is 12.4. The van der Waals surface area contributed by atoms with Crippen LogP contribution < -0.4 is 0 Å². The van der Waals surface area contributed by atoms with Gasteiger partial charge in [-0.3, -0.25) is 0 Å². The van der Waals surface area contributed by atoms with Gasteiger partial charge in [-0.1, -0.05) is 22.3 Å². The van der Waals surface area contributed by atoms with Gasteiger partial charge in [0.05, 0.1) is 0 Å². The number of hydrogen-bond donors (Lipinski definition) is 0. The number of rotatable bonds is 2. The molecule has 3 rings (SSSR count). The molecule has 1 radical (unpaired) electrons. The molecule has 0 spiro atoms. The van der Waals surface area contributed by atoms with Crippen LogP contribution in [0.3, 0.4) is 0 Å². The molecule has 1 aromatic carbocycles. The van der Waals surface area contributed by atoms with Crippen molar-refractivity contribution in [1.82, 2.24) is 10.1 Å². The van der Waals surface area contributed by atoms with Crippen molar-refractivity contribution < 1.29 is 4.52 Å². The van der Waals surface area contributed by atoms with Gasteiger partial charge in [-0.05, 0) is 56.4 Å². The van der Waals surface area contributed by atoms with E-state index < -0.39 is 0 Å². The Hall–Kier alpha value is -1.61. The summed E-state index contributed by atoms with van der Waals surface area (Å²) in [4.78, 5) is 4.40. The van der Waals surface area contributed by atoms with Gasteiger partial charge in [0, 0.05) is 16.7 Å². The van der Waals surface area contributed by atoms with Gasteiger partial charge in [-0.2, -0.15) is 4.98 Å². The topological polar surface area (TPSA) is 38.9 Å². The Morgan fingerprint density at radius 1 is 1.11 bits per heavy atom. The maximum absolute atomic E-state index is 5.86. The largest absolute Gasteiger partial charge is 0.334 e. The van der Waals surface area contributed by atoms with Crippen molar-refractivity contribution in [1.29, 1.82) is 0 Å². The van der Waals surface area contributed by atoms with Crippen LogP contribution in [0.15, 0.2) is 34.4 Å². The predicted molar refractivity (Wildman–Crippen MR) is 75.5 cm³/mol. The SMILES string of the molecule is Clc1ccc(-c2noc(C=C3CC[CH]CC3)n2)cc1. The Morgan fingerprint density at radius 3 is 2.58 bits per heavy atom. The molecule has 0 bridgehead atoms. The van der Waals surface area contributed by atoms with E-state index in [0.717, 1.165) is 31.2 Å². The lowest BCUT2D eigenvalue weighted by molar-refractivity contribution is 0.410. The van der Waals surface area contributed by atoms with Crippen LogP contribution >= 0.6 is 11.6 Å². The first-order chi connectivity index (χ1) is 9.31. The maximum atomic E-state index is 5.86. The molecule has 1 fully saturated rings. The van der Waals surface area contributed by atoms with Gasteiger partial charge in [0.1, 0.15) is 0 Å². The van der Waals surface area contributed by atoms with Crippen LogP contribution in [0.25, 0.3) is 17.5 Å². The molecule has 1 heterocycles. The fraction of sp³-hybridized carbons (Fsp3) is 0.267. The number of nitrogens with zero attached hydrogens (tertiary/aromatic N) is 2. The summed E-state index contributed by atoms with van der Waals surface area (Å²) in [5.74, 6) is 1.19. The van der Waals surface area contributed by atoms with Gasteiger partial charge in [-0.15, -0.1) is 0 Å². The second kappa shape index (κ2) is 5.57. The maximum Gasteiger partial charge on any atom is 0.250 e. The highest BCUT2D eigenvalue weighted by molar-refractivity contribution is 6.30. The van der Waals surface area contributed by atoms with Gasteiger partial charge < -0.3 is 4.52 Å². The second-order valence-electron chi connectivity index (χ2n) is 4.63. The highest BCUT2D eigenvalue weighted by atomic mass is 35.5. The average molecular weight is 274 g/mol. The third-order valence-electron chi connectivity index (χ3n) is 3.21. The second-order valence-corrected chi connectivity index (χ2v) is 5.07. The first-order valence-corrected chi connectivity index (χ1v) is 6.80. The summed E-state index contributed by atoms with van der Waals surface area (Å²) in [6.45, 7) is 0. The molecule has 0 aliphatic heterocycles. The molecule has 0 amide bonds. The van der Waals surface area contributed by atoms with Gasteiger partial charge in [0.15, 0.2) is 0 Å². The summed E-state index contributed by atoms with van der Waals surface area (Å²) in [6, 6.07) is 7.42. The van der Waals surface area contributed by atoms with E-state index >= 15 is 0 Å². The molecule has 3 nitrogen and oxygen atoms in total. The fourth-order valence-electron chi connectivity index (χ4n) is 2.17. The molecule has 97 valence electrons. The lowest BCUT2D eigenvalue weighted by Gasteiger charge is -2.11. The summed E-state index contributed by atoms with van der Waals surface area (Å²) in [5, 5.41) is 4.70. The molecule has 1 aliphatic rings. The smallest absolute Gasteiger partial charge is 0.250 e. The van der Waals surface area contributed by atoms with E-state index in [2.05, 4.69) is 16.6 Å². The van der Waals surface area contributed by atoms with Crippen molar-refractivity contribution in [3.05, 3.63) is 47.2 Å². The van der Waals surface area contributed by atoms with E-state index in [0.29, 0.717) is 16.7 Å². The number of halogens is 1. The molecule has 0 N–H and O–H groups in total. The lowest BCUT2D eigenvalue weighted by atomic mass is 9.95. The van der Waals surface area contributed by atoms with Crippen LogP contribution in [0.4, 0.5) is 0 Å². The van der Waals surface area contributed by atoms with E-state index in [1.54, 1.807) is 0 Å². The van der Waals surface area contributed by atoms with Crippen molar-refractivity contribution in [2.45, 2.75) is 25.7 Å². The van der Waals surface area contributed by atoms with E-state index in [1.807, 2.05) is 30.3 Å². The van der Waals surface area contributed by atoms with E-state index in [1.165, 1.54) is 5.57 Å². The molecular weight excluding hydrogens is 260 g/mol. The van der Waals surface area contributed by atoms with Gasteiger partial charge in [0.25, 0.3) is 5.89 Å². The van der Waals surface area contributed by atoms with Gasteiger partial charge in [0.2, 0.25) is 5.82 Å². The van der Waals surface area contributed by atoms with Crippen molar-refractivity contribution in [2.24, 2.45) is 0 Å². The van der Waals surface area contributed by atoms with Crippen LogP contribution in [-0.2, 0) is 0 Å². The third kappa shape index (κ3) is 3.04. The molecule has 4 heteroatoms. The zero-order valence-electron chi connectivity index (χ0n) is 10.5. The Bertz CT molecular complexity index is 578. The standard InChI is InChI=1S/C15H14ClN2O/c16-13-8-6-12(7-9-13)15-17-14(19-18-15)10-11-4-2-1-3-5-11/h1,6-10H,2-5H2. The lowest BCUT2D eigenvalue weighted by Crippen LogP contribution is -1.93. The Labute approximate surface area is 117 Å². The van der Waals surface area contributed by atoms with Crippen molar-refractivity contribution >= 4 is 17.7 Å². The fourth-order valence-corrected chi connectivity index (χ4v) is 2.30. The molecule has 1 aliphatic carbocycles. The minimum atomic E-state index is 0.585. The summed E-state index contributed by atoms with van der Waals surface area (Å²) >= 11 is 5.86.